The normalized spacial score (nSPS) is 19.2. The summed E-state index contributed by atoms with van der Waals surface area (Å²) in [5.74, 6) is 3.39. The van der Waals surface area contributed by atoms with E-state index in [2.05, 4.69) is 14.5 Å². The smallest absolute Gasteiger partial charge is 0.160 e. The second kappa shape index (κ2) is 5.10. The third-order valence-electron chi connectivity index (χ3n) is 3.39. The lowest BCUT2D eigenvalue weighted by atomic mass is 10.1. The molecule has 1 aliphatic heterocycles. The van der Waals surface area contributed by atoms with Gasteiger partial charge < -0.3 is 4.57 Å². The lowest BCUT2D eigenvalue weighted by Gasteiger charge is -2.25. The Balaban J connectivity index is 2.14. The largest absolute Gasteiger partial charge is 0.308 e. The van der Waals surface area contributed by atoms with E-state index in [0.717, 1.165) is 17.0 Å². The van der Waals surface area contributed by atoms with Gasteiger partial charge in [-0.25, -0.2) is 9.97 Å². The molecule has 18 heavy (non-hydrogen) atoms. The van der Waals surface area contributed by atoms with Gasteiger partial charge in [0.15, 0.2) is 5.65 Å². The second-order valence-electron chi connectivity index (χ2n) is 4.65. The molecule has 1 atom stereocenters. The van der Waals surface area contributed by atoms with E-state index in [9.17, 15) is 0 Å². The Morgan fingerprint density at radius 2 is 2.22 bits per heavy atom. The Morgan fingerprint density at radius 3 is 2.94 bits per heavy atom. The first-order valence-electron chi connectivity index (χ1n) is 6.32. The highest BCUT2D eigenvalue weighted by atomic mass is 35.5. The van der Waals surface area contributed by atoms with Crippen molar-refractivity contribution < 1.29 is 0 Å². The highest BCUT2D eigenvalue weighted by Gasteiger charge is 2.23. The number of imidazole rings is 1. The van der Waals surface area contributed by atoms with Crippen molar-refractivity contribution in [2.45, 2.75) is 31.2 Å². The van der Waals surface area contributed by atoms with Crippen molar-refractivity contribution >= 4 is 34.5 Å². The molecule has 2 aromatic heterocycles. The lowest BCUT2D eigenvalue weighted by Crippen LogP contribution is -2.18. The van der Waals surface area contributed by atoms with Crippen LogP contribution >= 0.6 is 23.4 Å². The number of aromatic nitrogens is 3. The zero-order valence-electron chi connectivity index (χ0n) is 10.3. The van der Waals surface area contributed by atoms with Gasteiger partial charge in [0.1, 0.15) is 11.3 Å². The summed E-state index contributed by atoms with van der Waals surface area (Å²) in [5, 5.41) is -0.0752. The molecule has 1 fully saturated rings. The molecule has 2 aromatic rings. The Hall–Kier alpha value is -0.740. The van der Waals surface area contributed by atoms with Crippen molar-refractivity contribution in [1.29, 1.82) is 0 Å². The van der Waals surface area contributed by atoms with E-state index in [1.54, 1.807) is 0 Å². The van der Waals surface area contributed by atoms with Gasteiger partial charge >= 0.3 is 0 Å². The van der Waals surface area contributed by atoms with Gasteiger partial charge in [-0.2, -0.15) is 11.8 Å². The van der Waals surface area contributed by atoms with Crippen molar-refractivity contribution in [2.75, 3.05) is 11.5 Å². The van der Waals surface area contributed by atoms with Gasteiger partial charge in [0.2, 0.25) is 0 Å². The van der Waals surface area contributed by atoms with Crippen LogP contribution in [-0.4, -0.2) is 26.0 Å². The maximum absolute atomic E-state index is 6.28. The summed E-state index contributed by atoms with van der Waals surface area (Å²) in [5.41, 5.74) is 1.94. The molecule has 0 aliphatic carbocycles. The average molecular weight is 282 g/mol. The average Bonchev–Trinajstić information content (AvgIpc) is 2.79. The molecule has 0 N–H and O–H groups in total. The fraction of sp³-hybridized carbons (Fsp3) is 0.538. The molecule has 0 aromatic carbocycles. The number of thioether (sulfide) groups is 1. The van der Waals surface area contributed by atoms with E-state index in [4.69, 9.17) is 11.6 Å². The zero-order valence-corrected chi connectivity index (χ0v) is 11.9. The predicted octanol–water partition coefficient (Wildman–Crippen LogP) is 3.80. The number of pyridine rings is 1. The van der Waals surface area contributed by atoms with Crippen LogP contribution in [0.2, 0.25) is 0 Å². The van der Waals surface area contributed by atoms with Gasteiger partial charge in [-0.1, -0.05) is 0 Å². The molecule has 0 radical (unpaired) electrons. The number of rotatable bonds is 2. The van der Waals surface area contributed by atoms with E-state index < -0.39 is 0 Å². The van der Waals surface area contributed by atoms with Gasteiger partial charge in [-0.15, -0.1) is 11.6 Å². The van der Waals surface area contributed by atoms with Crippen molar-refractivity contribution in [3.8, 4) is 0 Å². The van der Waals surface area contributed by atoms with Crippen molar-refractivity contribution in [2.24, 2.45) is 0 Å². The first-order chi connectivity index (χ1) is 8.77. The maximum Gasteiger partial charge on any atom is 0.160 e. The van der Waals surface area contributed by atoms with E-state index in [1.165, 1.54) is 24.3 Å². The Kier molecular flexibility index (Phi) is 3.48. The van der Waals surface area contributed by atoms with Crippen LogP contribution in [0.1, 0.15) is 37.0 Å². The van der Waals surface area contributed by atoms with Crippen LogP contribution in [0.4, 0.5) is 0 Å². The summed E-state index contributed by atoms with van der Waals surface area (Å²) < 4.78 is 2.27. The van der Waals surface area contributed by atoms with Gasteiger partial charge in [0.05, 0.1) is 5.38 Å². The van der Waals surface area contributed by atoms with Crippen molar-refractivity contribution in [3.05, 3.63) is 24.2 Å². The number of nitrogens with zero attached hydrogens (tertiary/aromatic N) is 3. The molecule has 1 aliphatic rings. The minimum absolute atomic E-state index is 0.0752. The Morgan fingerprint density at radius 1 is 1.44 bits per heavy atom. The molecule has 5 heteroatoms. The fourth-order valence-corrected chi connectivity index (χ4v) is 3.77. The molecular formula is C13H16ClN3S. The SMILES string of the molecule is CC(Cl)c1nc2cccnc2n1C1CCSCC1. The third kappa shape index (κ3) is 2.12. The predicted molar refractivity (Wildman–Crippen MR) is 77.4 cm³/mol. The highest BCUT2D eigenvalue weighted by Crippen LogP contribution is 2.33. The van der Waals surface area contributed by atoms with Crippen LogP contribution in [-0.2, 0) is 0 Å². The summed E-state index contributed by atoms with van der Waals surface area (Å²) >= 11 is 8.31. The van der Waals surface area contributed by atoms with Gasteiger partial charge in [0, 0.05) is 12.2 Å². The molecule has 3 heterocycles. The zero-order chi connectivity index (χ0) is 12.5. The standard InChI is InChI=1S/C13H16ClN3S/c1-9(14)12-16-11-3-2-6-15-13(11)17(12)10-4-7-18-8-5-10/h2-3,6,9-10H,4-5,7-8H2,1H3. The quantitative estimate of drug-likeness (QED) is 0.785. The first-order valence-corrected chi connectivity index (χ1v) is 7.91. The van der Waals surface area contributed by atoms with Crippen LogP contribution in [0.15, 0.2) is 18.3 Å². The molecule has 3 nitrogen and oxygen atoms in total. The van der Waals surface area contributed by atoms with Crippen LogP contribution in [0.3, 0.4) is 0 Å². The highest BCUT2D eigenvalue weighted by molar-refractivity contribution is 7.99. The molecule has 1 saturated heterocycles. The molecule has 3 rings (SSSR count). The first kappa shape index (κ1) is 12.3. The van der Waals surface area contributed by atoms with E-state index >= 15 is 0 Å². The van der Waals surface area contributed by atoms with E-state index in [-0.39, 0.29) is 5.38 Å². The summed E-state index contributed by atoms with van der Waals surface area (Å²) in [6.07, 6.45) is 4.20. The van der Waals surface area contributed by atoms with Crippen LogP contribution in [0, 0.1) is 0 Å². The summed E-state index contributed by atoms with van der Waals surface area (Å²) in [4.78, 5) is 9.14. The second-order valence-corrected chi connectivity index (χ2v) is 6.53. The summed E-state index contributed by atoms with van der Waals surface area (Å²) in [7, 11) is 0. The number of halogens is 1. The summed E-state index contributed by atoms with van der Waals surface area (Å²) in [6.45, 7) is 1.98. The van der Waals surface area contributed by atoms with Crippen molar-refractivity contribution in [1.82, 2.24) is 14.5 Å². The molecule has 0 amide bonds. The van der Waals surface area contributed by atoms with Crippen LogP contribution < -0.4 is 0 Å². The monoisotopic (exact) mass is 281 g/mol. The summed E-state index contributed by atoms with van der Waals surface area (Å²) in [6, 6.07) is 4.44. The lowest BCUT2D eigenvalue weighted by molar-refractivity contribution is 0.462. The minimum atomic E-state index is -0.0752. The van der Waals surface area contributed by atoms with E-state index in [0.29, 0.717) is 6.04 Å². The molecule has 0 saturated carbocycles. The van der Waals surface area contributed by atoms with Gasteiger partial charge in [-0.05, 0) is 43.4 Å². The molecule has 0 spiro atoms. The fourth-order valence-electron chi connectivity index (χ4n) is 2.53. The van der Waals surface area contributed by atoms with Crippen LogP contribution in [0.25, 0.3) is 11.2 Å². The minimum Gasteiger partial charge on any atom is -0.308 e. The Labute approximate surface area is 116 Å². The molecule has 96 valence electrons. The Bertz CT molecular complexity index is 546. The maximum atomic E-state index is 6.28. The third-order valence-corrected chi connectivity index (χ3v) is 4.63. The van der Waals surface area contributed by atoms with Gasteiger partial charge in [0.25, 0.3) is 0 Å². The van der Waals surface area contributed by atoms with Gasteiger partial charge in [-0.3, -0.25) is 0 Å². The van der Waals surface area contributed by atoms with E-state index in [1.807, 2.05) is 37.0 Å². The molecule has 1 unspecified atom stereocenters. The number of alkyl halides is 1. The van der Waals surface area contributed by atoms with Crippen LogP contribution in [0.5, 0.6) is 0 Å². The number of hydrogen-bond donors (Lipinski definition) is 0. The van der Waals surface area contributed by atoms with Crippen molar-refractivity contribution in [3.63, 3.8) is 0 Å². The molecular weight excluding hydrogens is 266 g/mol. The number of hydrogen-bond acceptors (Lipinski definition) is 3. The number of fused-ring (bicyclic) bond motifs is 1. The topological polar surface area (TPSA) is 30.7 Å². The molecule has 0 bridgehead atoms.